The average Bonchev–Trinajstić information content (AvgIpc) is 2.71. The number of ether oxygens (including phenoxy) is 3. The zero-order valence-electron chi connectivity index (χ0n) is 16.3. The SMILES string of the molecule is COc1cc(C=CC(=O)NCC(O)c2ccc(O)cc2)cc(OC)c1OC(C)=O. The van der Waals surface area contributed by atoms with Gasteiger partial charge in [0, 0.05) is 19.5 Å². The molecular formula is C21H23NO7. The van der Waals surface area contributed by atoms with Gasteiger partial charge in [0.1, 0.15) is 5.75 Å². The van der Waals surface area contributed by atoms with Gasteiger partial charge in [-0.15, -0.1) is 0 Å². The van der Waals surface area contributed by atoms with Gasteiger partial charge in [-0.1, -0.05) is 12.1 Å². The molecule has 0 bridgehead atoms. The van der Waals surface area contributed by atoms with Crippen molar-refractivity contribution in [2.75, 3.05) is 20.8 Å². The van der Waals surface area contributed by atoms with E-state index in [0.29, 0.717) is 11.1 Å². The molecule has 0 spiro atoms. The summed E-state index contributed by atoms with van der Waals surface area (Å²) in [7, 11) is 2.85. The van der Waals surface area contributed by atoms with Gasteiger partial charge in [0.05, 0.1) is 20.3 Å². The molecule has 2 aromatic carbocycles. The Morgan fingerprint density at radius 2 is 1.69 bits per heavy atom. The number of rotatable bonds is 8. The molecule has 1 atom stereocenters. The molecule has 8 nitrogen and oxygen atoms in total. The van der Waals surface area contributed by atoms with E-state index in [1.165, 1.54) is 45.4 Å². The lowest BCUT2D eigenvalue weighted by Crippen LogP contribution is -2.26. The highest BCUT2D eigenvalue weighted by Gasteiger charge is 2.15. The molecule has 2 aromatic rings. The number of carbonyl (C=O) groups is 2. The zero-order valence-corrected chi connectivity index (χ0v) is 16.3. The lowest BCUT2D eigenvalue weighted by Gasteiger charge is -2.13. The minimum Gasteiger partial charge on any atom is -0.508 e. The monoisotopic (exact) mass is 401 g/mol. The van der Waals surface area contributed by atoms with Crippen molar-refractivity contribution in [1.29, 1.82) is 0 Å². The maximum absolute atomic E-state index is 12.0. The van der Waals surface area contributed by atoms with Crippen LogP contribution in [0.2, 0.25) is 0 Å². The van der Waals surface area contributed by atoms with E-state index in [-0.39, 0.29) is 29.5 Å². The lowest BCUT2D eigenvalue weighted by molar-refractivity contribution is -0.132. The second-order valence-electron chi connectivity index (χ2n) is 6.03. The topological polar surface area (TPSA) is 114 Å². The van der Waals surface area contributed by atoms with Crippen molar-refractivity contribution >= 4 is 18.0 Å². The second kappa shape index (κ2) is 10.1. The van der Waals surface area contributed by atoms with Crippen LogP contribution in [0, 0.1) is 0 Å². The number of phenols is 1. The van der Waals surface area contributed by atoms with Crippen LogP contribution in [-0.2, 0) is 9.59 Å². The highest BCUT2D eigenvalue weighted by molar-refractivity contribution is 5.92. The van der Waals surface area contributed by atoms with E-state index in [0.717, 1.165) is 0 Å². The quantitative estimate of drug-likeness (QED) is 0.353. The number of methoxy groups -OCH3 is 2. The fraction of sp³-hybridized carbons (Fsp3) is 0.238. The normalized spacial score (nSPS) is 11.7. The van der Waals surface area contributed by atoms with Crippen LogP contribution in [-0.4, -0.2) is 42.9 Å². The minimum absolute atomic E-state index is 0.00593. The number of benzene rings is 2. The van der Waals surface area contributed by atoms with E-state index < -0.39 is 18.0 Å². The Balaban J connectivity index is 2.05. The van der Waals surface area contributed by atoms with Gasteiger partial charge < -0.3 is 29.7 Å². The molecule has 0 radical (unpaired) electrons. The van der Waals surface area contributed by atoms with Crippen LogP contribution in [0.5, 0.6) is 23.0 Å². The van der Waals surface area contributed by atoms with Crippen LogP contribution in [0.1, 0.15) is 24.2 Å². The maximum Gasteiger partial charge on any atom is 0.308 e. The molecule has 0 saturated heterocycles. The Morgan fingerprint density at radius 3 is 2.21 bits per heavy atom. The minimum atomic E-state index is -0.906. The number of phenolic OH excluding ortho intramolecular Hbond substituents is 1. The molecule has 1 amide bonds. The molecule has 29 heavy (non-hydrogen) atoms. The summed E-state index contributed by atoms with van der Waals surface area (Å²) in [6.45, 7) is 1.27. The molecule has 0 aliphatic rings. The molecule has 0 aliphatic carbocycles. The Labute approximate surface area is 168 Å². The summed E-state index contributed by atoms with van der Waals surface area (Å²) in [6, 6.07) is 9.25. The van der Waals surface area contributed by atoms with Crippen molar-refractivity contribution in [3.05, 3.63) is 53.6 Å². The van der Waals surface area contributed by atoms with E-state index in [4.69, 9.17) is 14.2 Å². The van der Waals surface area contributed by atoms with Gasteiger partial charge in [-0.3, -0.25) is 9.59 Å². The maximum atomic E-state index is 12.0. The lowest BCUT2D eigenvalue weighted by atomic mass is 10.1. The number of hydrogen-bond acceptors (Lipinski definition) is 7. The van der Waals surface area contributed by atoms with Crippen molar-refractivity contribution in [3.63, 3.8) is 0 Å². The molecule has 0 aromatic heterocycles. The number of nitrogens with one attached hydrogen (secondary N) is 1. The first-order valence-corrected chi connectivity index (χ1v) is 8.71. The van der Waals surface area contributed by atoms with E-state index in [1.54, 1.807) is 24.3 Å². The predicted octanol–water partition coefficient (Wildman–Crippen LogP) is 2.20. The summed E-state index contributed by atoms with van der Waals surface area (Å²) < 4.78 is 15.6. The van der Waals surface area contributed by atoms with Gasteiger partial charge in [-0.05, 0) is 41.5 Å². The molecule has 0 aliphatic heterocycles. The number of aliphatic hydroxyl groups is 1. The second-order valence-corrected chi connectivity index (χ2v) is 6.03. The molecule has 0 heterocycles. The third kappa shape index (κ3) is 6.25. The molecule has 3 N–H and O–H groups in total. The van der Waals surface area contributed by atoms with Gasteiger partial charge in [-0.25, -0.2) is 0 Å². The Kier molecular flexibility index (Phi) is 7.62. The van der Waals surface area contributed by atoms with Crippen molar-refractivity contribution in [2.24, 2.45) is 0 Å². The summed E-state index contributed by atoms with van der Waals surface area (Å²) in [5.74, 6) is -0.120. The molecular weight excluding hydrogens is 378 g/mol. The number of carbonyl (C=O) groups excluding carboxylic acids is 2. The summed E-state index contributed by atoms with van der Waals surface area (Å²) in [4.78, 5) is 23.3. The van der Waals surface area contributed by atoms with Crippen LogP contribution < -0.4 is 19.5 Å². The summed E-state index contributed by atoms with van der Waals surface area (Å²) in [5, 5.41) is 21.9. The predicted molar refractivity (Wildman–Crippen MR) is 106 cm³/mol. The van der Waals surface area contributed by atoms with Crippen LogP contribution in [0.15, 0.2) is 42.5 Å². The fourth-order valence-corrected chi connectivity index (χ4v) is 2.48. The molecule has 1 unspecified atom stereocenters. The number of aliphatic hydroxyl groups excluding tert-OH is 1. The highest BCUT2D eigenvalue weighted by Crippen LogP contribution is 2.39. The van der Waals surface area contributed by atoms with Crippen LogP contribution in [0.3, 0.4) is 0 Å². The molecule has 0 fully saturated rings. The summed E-state index contributed by atoms with van der Waals surface area (Å²) >= 11 is 0. The smallest absolute Gasteiger partial charge is 0.308 e. The first kappa shape index (κ1) is 21.8. The molecule has 154 valence electrons. The number of hydrogen-bond donors (Lipinski definition) is 3. The number of amides is 1. The largest absolute Gasteiger partial charge is 0.508 e. The first-order valence-electron chi connectivity index (χ1n) is 8.71. The zero-order chi connectivity index (χ0) is 21.4. The van der Waals surface area contributed by atoms with E-state index in [9.17, 15) is 19.8 Å². The Bertz CT molecular complexity index is 865. The van der Waals surface area contributed by atoms with E-state index in [2.05, 4.69) is 5.32 Å². The van der Waals surface area contributed by atoms with Gasteiger partial charge in [-0.2, -0.15) is 0 Å². The molecule has 2 rings (SSSR count). The Hall–Kier alpha value is -3.52. The highest BCUT2D eigenvalue weighted by atomic mass is 16.6. The van der Waals surface area contributed by atoms with Crippen molar-refractivity contribution in [3.8, 4) is 23.0 Å². The van der Waals surface area contributed by atoms with Gasteiger partial charge >= 0.3 is 5.97 Å². The summed E-state index contributed by atoms with van der Waals surface area (Å²) in [6.07, 6.45) is 1.92. The molecule has 8 heteroatoms. The third-order valence-corrected chi connectivity index (χ3v) is 3.90. The standard InChI is InChI=1S/C21H23NO7/c1-13(23)29-21-18(27-2)10-14(11-19(21)28-3)4-9-20(26)22-12-17(25)15-5-7-16(24)8-6-15/h4-11,17,24-25H,12H2,1-3H3,(H,22,26). The van der Waals surface area contributed by atoms with Gasteiger partial charge in [0.15, 0.2) is 11.5 Å². The fourth-order valence-electron chi connectivity index (χ4n) is 2.48. The van der Waals surface area contributed by atoms with Crippen LogP contribution in [0.25, 0.3) is 6.08 Å². The first-order chi connectivity index (χ1) is 13.8. The molecule has 0 saturated carbocycles. The van der Waals surface area contributed by atoms with Gasteiger partial charge in [0.2, 0.25) is 11.7 Å². The van der Waals surface area contributed by atoms with Crippen LogP contribution in [0.4, 0.5) is 0 Å². The average molecular weight is 401 g/mol. The van der Waals surface area contributed by atoms with Crippen molar-refractivity contribution in [2.45, 2.75) is 13.0 Å². The van der Waals surface area contributed by atoms with Gasteiger partial charge in [0.25, 0.3) is 0 Å². The number of aromatic hydroxyl groups is 1. The van der Waals surface area contributed by atoms with Crippen LogP contribution >= 0.6 is 0 Å². The summed E-state index contributed by atoms with van der Waals surface area (Å²) in [5.41, 5.74) is 1.16. The number of esters is 1. The Morgan fingerprint density at radius 1 is 1.10 bits per heavy atom. The van der Waals surface area contributed by atoms with Crippen molar-refractivity contribution < 1.29 is 34.0 Å². The third-order valence-electron chi connectivity index (χ3n) is 3.90. The van der Waals surface area contributed by atoms with E-state index in [1.807, 2.05) is 0 Å². The van der Waals surface area contributed by atoms with E-state index >= 15 is 0 Å². The van der Waals surface area contributed by atoms with Crippen molar-refractivity contribution in [1.82, 2.24) is 5.32 Å².